The fourth-order valence-electron chi connectivity index (χ4n) is 3.08. The average Bonchev–Trinajstić information content (AvgIpc) is 3.23. The molecule has 22 heavy (non-hydrogen) atoms. The molecule has 1 saturated carbocycles. The monoisotopic (exact) mass is 323 g/mol. The highest BCUT2D eigenvalue weighted by Crippen LogP contribution is 2.36. The number of hydrogen-bond acceptors (Lipinski definition) is 4. The van der Waals surface area contributed by atoms with E-state index in [0.29, 0.717) is 18.9 Å². The summed E-state index contributed by atoms with van der Waals surface area (Å²) in [4.78, 5) is 17.7. The SMILES string of the molecule is CN1C(=O)C[C@@H](CNS(=O)(=O)CC2CC2)[C@@H]1c1ccncc1. The van der Waals surface area contributed by atoms with E-state index in [1.165, 1.54) is 0 Å². The van der Waals surface area contributed by atoms with Gasteiger partial charge in [-0.1, -0.05) is 0 Å². The molecule has 1 aliphatic heterocycles. The van der Waals surface area contributed by atoms with Crippen LogP contribution in [0, 0.1) is 11.8 Å². The number of carbonyl (C=O) groups excluding carboxylic acids is 1. The van der Waals surface area contributed by atoms with Crippen molar-refractivity contribution in [3.8, 4) is 0 Å². The lowest BCUT2D eigenvalue weighted by Crippen LogP contribution is -2.34. The van der Waals surface area contributed by atoms with E-state index in [1.807, 2.05) is 12.1 Å². The molecular weight excluding hydrogens is 302 g/mol. The molecule has 1 amide bonds. The van der Waals surface area contributed by atoms with Gasteiger partial charge >= 0.3 is 0 Å². The van der Waals surface area contributed by atoms with Gasteiger partial charge in [0, 0.05) is 38.3 Å². The molecular formula is C15H21N3O3S. The first-order chi connectivity index (χ1) is 10.5. The van der Waals surface area contributed by atoms with Crippen molar-refractivity contribution in [1.29, 1.82) is 0 Å². The maximum Gasteiger partial charge on any atom is 0.223 e. The molecule has 1 N–H and O–H groups in total. The summed E-state index contributed by atoms with van der Waals surface area (Å²) in [6.45, 7) is 0.304. The number of likely N-dealkylation sites (tertiary alicyclic amines) is 1. The lowest BCUT2D eigenvalue weighted by atomic mass is 9.95. The average molecular weight is 323 g/mol. The Hall–Kier alpha value is -1.47. The van der Waals surface area contributed by atoms with Crippen LogP contribution in [0.2, 0.25) is 0 Å². The van der Waals surface area contributed by atoms with E-state index in [-0.39, 0.29) is 23.6 Å². The lowest BCUT2D eigenvalue weighted by Gasteiger charge is -2.25. The first kappa shape index (κ1) is 15.4. The van der Waals surface area contributed by atoms with E-state index < -0.39 is 10.0 Å². The second kappa shape index (κ2) is 5.96. The summed E-state index contributed by atoms with van der Waals surface area (Å²) < 4.78 is 26.7. The molecule has 0 spiro atoms. The predicted octanol–water partition coefficient (Wildman–Crippen LogP) is 0.930. The van der Waals surface area contributed by atoms with Crippen molar-refractivity contribution in [3.05, 3.63) is 30.1 Å². The number of nitrogens with zero attached hydrogens (tertiary/aromatic N) is 2. The van der Waals surface area contributed by atoms with Crippen LogP contribution in [0.25, 0.3) is 0 Å². The third-order valence-electron chi connectivity index (χ3n) is 4.46. The van der Waals surface area contributed by atoms with Gasteiger partial charge in [0.05, 0.1) is 11.8 Å². The molecule has 1 aromatic rings. The minimum Gasteiger partial charge on any atom is -0.338 e. The van der Waals surface area contributed by atoms with Crippen molar-refractivity contribution in [2.45, 2.75) is 25.3 Å². The Labute approximate surface area is 131 Å². The third-order valence-corrected chi connectivity index (χ3v) is 5.98. The minimum atomic E-state index is -3.24. The number of aromatic nitrogens is 1. The van der Waals surface area contributed by atoms with Crippen LogP contribution in [-0.4, -0.2) is 43.6 Å². The van der Waals surface area contributed by atoms with Gasteiger partial charge in [-0.2, -0.15) is 0 Å². The van der Waals surface area contributed by atoms with Crippen LogP contribution in [0.3, 0.4) is 0 Å². The molecule has 1 aliphatic carbocycles. The number of amides is 1. The Balaban J connectivity index is 1.69. The van der Waals surface area contributed by atoms with Gasteiger partial charge in [-0.25, -0.2) is 13.1 Å². The number of sulfonamides is 1. The van der Waals surface area contributed by atoms with Gasteiger partial charge in [0.1, 0.15) is 0 Å². The fourth-order valence-corrected chi connectivity index (χ4v) is 4.62. The van der Waals surface area contributed by atoms with Crippen molar-refractivity contribution in [1.82, 2.24) is 14.6 Å². The topological polar surface area (TPSA) is 79.4 Å². The molecule has 1 saturated heterocycles. The maximum absolute atomic E-state index is 12.0. The van der Waals surface area contributed by atoms with E-state index in [0.717, 1.165) is 18.4 Å². The fraction of sp³-hybridized carbons (Fsp3) is 0.600. The predicted molar refractivity (Wildman–Crippen MR) is 82.4 cm³/mol. The number of hydrogen-bond donors (Lipinski definition) is 1. The molecule has 2 aliphatic rings. The highest BCUT2D eigenvalue weighted by molar-refractivity contribution is 7.89. The summed E-state index contributed by atoms with van der Waals surface area (Å²) in [5.74, 6) is 0.534. The third kappa shape index (κ3) is 3.47. The van der Waals surface area contributed by atoms with E-state index in [1.54, 1.807) is 24.3 Å². The van der Waals surface area contributed by atoms with Crippen LogP contribution in [0.1, 0.15) is 30.9 Å². The van der Waals surface area contributed by atoms with Gasteiger partial charge in [-0.05, 0) is 36.5 Å². The van der Waals surface area contributed by atoms with Crippen LogP contribution in [0.5, 0.6) is 0 Å². The van der Waals surface area contributed by atoms with Gasteiger partial charge in [0.15, 0.2) is 0 Å². The first-order valence-electron chi connectivity index (χ1n) is 7.59. The maximum atomic E-state index is 12.0. The molecule has 1 aromatic heterocycles. The second-order valence-corrected chi connectivity index (χ2v) is 8.12. The summed E-state index contributed by atoms with van der Waals surface area (Å²) in [6.07, 6.45) is 5.77. The number of rotatable bonds is 6. The molecule has 120 valence electrons. The summed E-state index contributed by atoms with van der Waals surface area (Å²) >= 11 is 0. The zero-order valence-corrected chi connectivity index (χ0v) is 13.4. The standard InChI is InChI=1S/C15H21N3O3S/c1-18-14(19)8-13(15(18)12-4-6-16-7-5-12)9-17-22(20,21)10-11-2-3-11/h4-7,11,13,15,17H,2-3,8-10H2,1H3/t13-,15-/m0/s1. The summed E-state index contributed by atoms with van der Waals surface area (Å²) in [5.41, 5.74) is 0.995. The molecule has 3 rings (SSSR count). The largest absolute Gasteiger partial charge is 0.338 e. The smallest absolute Gasteiger partial charge is 0.223 e. The Kier molecular flexibility index (Phi) is 4.18. The Morgan fingerprint density at radius 2 is 2.00 bits per heavy atom. The summed E-state index contributed by atoms with van der Waals surface area (Å²) in [7, 11) is -1.47. The van der Waals surface area contributed by atoms with Crippen molar-refractivity contribution >= 4 is 15.9 Å². The molecule has 2 atom stereocenters. The molecule has 0 radical (unpaired) electrons. The van der Waals surface area contributed by atoms with E-state index >= 15 is 0 Å². The minimum absolute atomic E-state index is 0.0473. The van der Waals surface area contributed by atoms with Crippen LogP contribution in [0.15, 0.2) is 24.5 Å². The molecule has 2 fully saturated rings. The number of carbonyl (C=O) groups is 1. The zero-order valence-electron chi connectivity index (χ0n) is 12.6. The van der Waals surface area contributed by atoms with Crippen LogP contribution >= 0.6 is 0 Å². The zero-order chi connectivity index (χ0) is 15.7. The van der Waals surface area contributed by atoms with Crippen LogP contribution in [0.4, 0.5) is 0 Å². The second-order valence-electron chi connectivity index (χ2n) is 6.27. The van der Waals surface area contributed by atoms with Crippen LogP contribution < -0.4 is 4.72 Å². The van der Waals surface area contributed by atoms with E-state index in [4.69, 9.17) is 0 Å². The van der Waals surface area contributed by atoms with E-state index in [9.17, 15) is 13.2 Å². The van der Waals surface area contributed by atoms with Gasteiger partial charge in [-0.3, -0.25) is 9.78 Å². The molecule has 0 unspecified atom stereocenters. The quantitative estimate of drug-likeness (QED) is 0.844. The van der Waals surface area contributed by atoms with Crippen molar-refractivity contribution in [2.24, 2.45) is 11.8 Å². The Bertz CT molecular complexity index is 643. The summed E-state index contributed by atoms with van der Waals surface area (Å²) in [6, 6.07) is 3.66. The van der Waals surface area contributed by atoms with E-state index in [2.05, 4.69) is 9.71 Å². The highest BCUT2D eigenvalue weighted by atomic mass is 32.2. The molecule has 2 heterocycles. The normalized spacial score (nSPS) is 25.7. The molecule has 0 bridgehead atoms. The van der Waals surface area contributed by atoms with Crippen LogP contribution in [-0.2, 0) is 14.8 Å². The van der Waals surface area contributed by atoms with Gasteiger partial charge in [0.2, 0.25) is 15.9 Å². The highest BCUT2D eigenvalue weighted by Gasteiger charge is 2.39. The van der Waals surface area contributed by atoms with Crippen molar-refractivity contribution in [2.75, 3.05) is 19.3 Å². The van der Waals surface area contributed by atoms with Gasteiger partial charge in [0.25, 0.3) is 0 Å². The van der Waals surface area contributed by atoms with Gasteiger partial charge < -0.3 is 4.90 Å². The molecule has 6 nitrogen and oxygen atoms in total. The first-order valence-corrected chi connectivity index (χ1v) is 9.24. The Morgan fingerprint density at radius 1 is 1.32 bits per heavy atom. The molecule has 0 aromatic carbocycles. The van der Waals surface area contributed by atoms with Crippen molar-refractivity contribution in [3.63, 3.8) is 0 Å². The van der Waals surface area contributed by atoms with Gasteiger partial charge in [-0.15, -0.1) is 0 Å². The van der Waals surface area contributed by atoms with Crippen molar-refractivity contribution < 1.29 is 13.2 Å². The molecule has 7 heteroatoms. The lowest BCUT2D eigenvalue weighted by molar-refractivity contribution is -0.127. The summed E-state index contributed by atoms with van der Waals surface area (Å²) in [5, 5.41) is 0. The number of pyridine rings is 1. The Morgan fingerprint density at radius 3 is 2.64 bits per heavy atom. The number of nitrogens with one attached hydrogen (secondary N) is 1.